The fourth-order valence-electron chi connectivity index (χ4n) is 1.48. The van der Waals surface area contributed by atoms with Gasteiger partial charge in [-0.1, -0.05) is 11.6 Å². The summed E-state index contributed by atoms with van der Waals surface area (Å²) in [5.74, 6) is 0. The van der Waals surface area contributed by atoms with Crippen molar-refractivity contribution in [2.24, 2.45) is 0 Å². The molecule has 0 N–H and O–H groups in total. The number of pyridine rings is 1. The van der Waals surface area contributed by atoms with Crippen LogP contribution in [0.5, 0.6) is 0 Å². The van der Waals surface area contributed by atoms with Gasteiger partial charge in [0.2, 0.25) is 10.0 Å². The van der Waals surface area contributed by atoms with Gasteiger partial charge in [0.05, 0.1) is 0 Å². The van der Waals surface area contributed by atoms with Crippen molar-refractivity contribution in [3.63, 3.8) is 0 Å². The molecule has 102 valence electrons. The zero-order valence-electron chi connectivity index (χ0n) is 9.88. The van der Waals surface area contributed by atoms with Crippen LogP contribution in [0, 0.1) is 0 Å². The molecular formula is C11H10BrClN2O2S2. The number of aromatic nitrogens is 1. The zero-order chi connectivity index (χ0) is 14.0. The van der Waals surface area contributed by atoms with Crippen molar-refractivity contribution in [1.82, 2.24) is 9.29 Å². The topological polar surface area (TPSA) is 50.3 Å². The van der Waals surface area contributed by atoms with E-state index in [9.17, 15) is 8.42 Å². The number of rotatable bonds is 4. The highest BCUT2D eigenvalue weighted by Gasteiger charge is 2.24. The normalized spacial score (nSPS) is 12.0. The van der Waals surface area contributed by atoms with Gasteiger partial charge in [0.25, 0.3) is 0 Å². The lowest BCUT2D eigenvalue weighted by molar-refractivity contribution is 0.467. The summed E-state index contributed by atoms with van der Waals surface area (Å²) in [6, 6.07) is 3.34. The van der Waals surface area contributed by atoms with Gasteiger partial charge in [-0.05, 0) is 44.4 Å². The molecule has 2 heterocycles. The minimum Gasteiger partial charge on any atom is -0.242 e. The van der Waals surface area contributed by atoms with Crippen LogP contribution in [0.4, 0.5) is 0 Å². The molecule has 0 fully saturated rings. The van der Waals surface area contributed by atoms with E-state index in [1.165, 1.54) is 35.0 Å². The Morgan fingerprint density at radius 3 is 2.89 bits per heavy atom. The van der Waals surface area contributed by atoms with Crippen molar-refractivity contribution >= 4 is 48.9 Å². The van der Waals surface area contributed by atoms with E-state index in [2.05, 4.69) is 20.9 Å². The molecule has 2 aromatic rings. The van der Waals surface area contributed by atoms with E-state index in [0.717, 1.165) is 5.56 Å². The molecule has 4 nitrogen and oxygen atoms in total. The maximum atomic E-state index is 12.4. The summed E-state index contributed by atoms with van der Waals surface area (Å²) in [6.45, 7) is 0.300. The van der Waals surface area contributed by atoms with Crippen molar-refractivity contribution in [2.75, 3.05) is 7.05 Å². The molecule has 0 aliphatic rings. The largest absolute Gasteiger partial charge is 0.246 e. The molecule has 2 aromatic heterocycles. The van der Waals surface area contributed by atoms with Crippen LogP contribution in [0.3, 0.4) is 0 Å². The first kappa shape index (κ1) is 14.9. The fraction of sp³-hybridized carbons (Fsp3) is 0.182. The van der Waals surface area contributed by atoms with E-state index < -0.39 is 10.0 Å². The Bertz CT molecular complexity index is 674. The maximum Gasteiger partial charge on any atom is 0.246 e. The van der Waals surface area contributed by atoms with E-state index in [0.29, 0.717) is 11.0 Å². The lowest BCUT2D eigenvalue weighted by Gasteiger charge is -2.17. The van der Waals surface area contributed by atoms with Crippen LogP contribution in [0.25, 0.3) is 0 Å². The van der Waals surface area contributed by atoms with E-state index >= 15 is 0 Å². The summed E-state index contributed by atoms with van der Waals surface area (Å²) in [4.78, 5) is 3.84. The quantitative estimate of drug-likeness (QED) is 0.763. The highest BCUT2D eigenvalue weighted by atomic mass is 79.9. The number of hydrogen-bond acceptors (Lipinski definition) is 4. The fourth-order valence-corrected chi connectivity index (χ4v) is 4.21. The second kappa shape index (κ2) is 5.88. The Labute approximate surface area is 129 Å². The second-order valence-electron chi connectivity index (χ2n) is 3.84. The molecule has 0 amide bonds. The number of halogens is 2. The summed E-state index contributed by atoms with van der Waals surface area (Å²) < 4.78 is 26.7. The van der Waals surface area contributed by atoms with Crippen LogP contribution in [-0.2, 0) is 16.6 Å². The average Bonchev–Trinajstić information content (AvgIpc) is 2.85. The molecule has 0 aliphatic carbocycles. The van der Waals surface area contributed by atoms with E-state index in [1.807, 2.05) is 16.8 Å². The summed E-state index contributed by atoms with van der Waals surface area (Å²) in [7, 11) is -2.14. The third-order valence-electron chi connectivity index (χ3n) is 2.45. The van der Waals surface area contributed by atoms with E-state index in [1.54, 1.807) is 0 Å². The lowest BCUT2D eigenvalue weighted by atomic mass is 10.3. The van der Waals surface area contributed by atoms with E-state index in [4.69, 9.17) is 11.6 Å². The van der Waals surface area contributed by atoms with Crippen LogP contribution in [0.1, 0.15) is 5.56 Å². The monoisotopic (exact) mass is 380 g/mol. The Hall–Kier alpha value is -0.470. The molecule has 0 unspecified atom stereocenters. The number of thiophene rings is 1. The van der Waals surface area contributed by atoms with Crippen LogP contribution in [0.2, 0.25) is 5.15 Å². The Morgan fingerprint density at radius 1 is 1.53 bits per heavy atom. The molecule has 0 saturated heterocycles. The second-order valence-corrected chi connectivity index (χ2v) is 7.90. The van der Waals surface area contributed by atoms with Gasteiger partial charge < -0.3 is 0 Å². The molecule has 0 bridgehead atoms. The van der Waals surface area contributed by atoms with Gasteiger partial charge in [-0.2, -0.15) is 15.6 Å². The highest BCUT2D eigenvalue weighted by molar-refractivity contribution is 9.10. The highest BCUT2D eigenvalue weighted by Crippen LogP contribution is 2.26. The summed E-state index contributed by atoms with van der Waals surface area (Å²) in [5, 5.41) is 3.79. The minimum atomic E-state index is -3.65. The first-order valence-corrected chi connectivity index (χ1v) is 8.75. The summed E-state index contributed by atoms with van der Waals surface area (Å²) >= 11 is 10.6. The zero-order valence-corrected chi connectivity index (χ0v) is 13.9. The van der Waals surface area contributed by atoms with Crippen molar-refractivity contribution in [3.05, 3.63) is 44.3 Å². The lowest BCUT2D eigenvalue weighted by Crippen LogP contribution is -2.26. The van der Waals surface area contributed by atoms with Gasteiger partial charge in [0.1, 0.15) is 10.0 Å². The van der Waals surface area contributed by atoms with Crippen molar-refractivity contribution in [3.8, 4) is 0 Å². The van der Waals surface area contributed by atoms with Gasteiger partial charge in [-0.3, -0.25) is 0 Å². The molecule has 0 saturated carbocycles. The van der Waals surface area contributed by atoms with E-state index in [-0.39, 0.29) is 10.0 Å². The van der Waals surface area contributed by atoms with Gasteiger partial charge >= 0.3 is 0 Å². The summed E-state index contributed by atoms with van der Waals surface area (Å²) in [5.41, 5.74) is 0.940. The maximum absolute atomic E-state index is 12.4. The van der Waals surface area contributed by atoms with Crippen LogP contribution in [-0.4, -0.2) is 24.8 Å². The first-order chi connectivity index (χ1) is 8.91. The molecule has 0 radical (unpaired) electrons. The molecule has 8 heteroatoms. The van der Waals surface area contributed by atoms with Crippen molar-refractivity contribution in [1.29, 1.82) is 0 Å². The molecule has 0 atom stereocenters. The molecule has 0 spiro atoms. The van der Waals surface area contributed by atoms with Crippen molar-refractivity contribution in [2.45, 2.75) is 11.4 Å². The molecule has 0 aromatic carbocycles. The first-order valence-electron chi connectivity index (χ1n) is 5.19. The third-order valence-corrected chi connectivity index (χ3v) is 5.84. The molecule has 2 rings (SSSR count). The SMILES string of the molecule is CN(Cc1ccsc1)S(=O)(=O)c1cc(Br)cnc1Cl. The molecule has 0 aliphatic heterocycles. The third kappa shape index (κ3) is 3.35. The summed E-state index contributed by atoms with van der Waals surface area (Å²) in [6.07, 6.45) is 1.46. The minimum absolute atomic E-state index is 0.00118. The number of nitrogens with zero attached hydrogens (tertiary/aromatic N) is 2. The van der Waals surface area contributed by atoms with Crippen LogP contribution < -0.4 is 0 Å². The van der Waals surface area contributed by atoms with Gasteiger partial charge in [-0.15, -0.1) is 0 Å². The van der Waals surface area contributed by atoms with Crippen LogP contribution in [0.15, 0.2) is 38.5 Å². The van der Waals surface area contributed by atoms with Crippen molar-refractivity contribution < 1.29 is 8.42 Å². The Kier molecular flexibility index (Phi) is 4.62. The number of hydrogen-bond donors (Lipinski definition) is 0. The average molecular weight is 382 g/mol. The molecular weight excluding hydrogens is 372 g/mol. The van der Waals surface area contributed by atoms with Crippen LogP contribution >= 0.6 is 38.9 Å². The Morgan fingerprint density at radius 2 is 2.26 bits per heavy atom. The predicted octanol–water partition coefficient (Wildman–Crippen LogP) is 3.38. The van der Waals surface area contributed by atoms with Gasteiger partial charge in [0, 0.05) is 24.3 Å². The van der Waals surface area contributed by atoms with Gasteiger partial charge in [0.15, 0.2) is 0 Å². The number of sulfonamides is 1. The smallest absolute Gasteiger partial charge is 0.242 e. The Balaban J connectivity index is 2.33. The standard InChI is InChI=1S/C11H10BrClN2O2S2/c1-15(6-8-2-3-18-7-8)19(16,17)10-4-9(12)5-14-11(10)13/h2-5,7H,6H2,1H3. The predicted molar refractivity (Wildman–Crippen MR) is 79.9 cm³/mol. The molecule has 19 heavy (non-hydrogen) atoms. The van der Waals surface area contributed by atoms with Gasteiger partial charge in [-0.25, -0.2) is 13.4 Å².